The third-order valence-corrected chi connectivity index (χ3v) is 7.31. The van der Waals surface area contributed by atoms with Gasteiger partial charge in [0.05, 0.1) is 18.3 Å². The Morgan fingerprint density at radius 1 is 1.00 bits per heavy atom. The number of hydrogen-bond acceptors (Lipinski definition) is 9. The van der Waals surface area contributed by atoms with Gasteiger partial charge in [-0.1, -0.05) is 18.2 Å². The molecule has 0 aliphatic rings. The molecule has 11 nitrogen and oxygen atoms in total. The largest absolute Gasteiger partial charge is 0.388 e. The number of benzene rings is 2. The number of amides is 2. The van der Waals surface area contributed by atoms with E-state index >= 15 is 0 Å². The fourth-order valence-electron chi connectivity index (χ4n) is 3.96. The SMILES string of the molecule is COCCC(NC(=O)c1ccccc1)C(O)C(O)C(Cc1cc(F)cc(F)c1)NC(=O)c1csc(NS(C)(=O)=O)n1. The number of halogens is 2. The Balaban J connectivity index is 1.87. The molecule has 3 aromatic rings. The Hall–Kier alpha value is -3.50. The van der Waals surface area contributed by atoms with Crippen molar-refractivity contribution in [1.82, 2.24) is 15.6 Å². The molecule has 0 saturated heterocycles. The van der Waals surface area contributed by atoms with Gasteiger partial charge in [0.1, 0.15) is 29.5 Å². The number of sulfonamides is 1. The second kappa shape index (κ2) is 14.4. The minimum Gasteiger partial charge on any atom is -0.388 e. The van der Waals surface area contributed by atoms with E-state index in [0.717, 1.165) is 29.7 Å². The van der Waals surface area contributed by atoms with Gasteiger partial charge in [-0.3, -0.25) is 14.3 Å². The van der Waals surface area contributed by atoms with Crippen LogP contribution in [-0.4, -0.2) is 79.7 Å². The highest BCUT2D eigenvalue weighted by Crippen LogP contribution is 2.19. The second-order valence-electron chi connectivity index (χ2n) is 9.18. The minimum atomic E-state index is -3.66. The summed E-state index contributed by atoms with van der Waals surface area (Å²) in [6, 6.07) is 8.47. The molecule has 1 heterocycles. The number of nitrogens with zero attached hydrogens (tertiary/aromatic N) is 1. The molecule has 0 aliphatic carbocycles. The van der Waals surface area contributed by atoms with Crippen molar-refractivity contribution in [3.8, 4) is 0 Å². The van der Waals surface area contributed by atoms with E-state index in [9.17, 15) is 37.0 Å². The van der Waals surface area contributed by atoms with Crippen molar-refractivity contribution in [3.63, 3.8) is 0 Å². The van der Waals surface area contributed by atoms with Crippen molar-refractivity contribution < 1.29 is 41.7 Å². The van der Waals surface area contributed by atoms with Gasteiger partial charge in [0.2, 0.25) is 10.0 Å². The van der Waals surface area contributed by atoms with Crippen LogP contribution in [0, 0.1) is 11.6 Å². The molecule has 0 aliphatic heterocycles. The molecule has 5 N–H and O–H groups in total. The summed E-state index contributed by atoms with van der Waals surface area (Å²) in [5.41, 5.74) is 0.170. The van der Waals surface area contributed by atoms with E-state index in [2.05, 4.69) is 20.3 Å². The molecule has 41 heavy (non-hydrogen) atoms. The summed E-state index contributed by atoms with van der Waals surface area (Å²) in [6.07, 6.45) is -2.75. The lowest BCUT2D eigenvalue weighted by Gasteiger charge is -2.33. The minimum absolute atomic E-state index is 0.0681. The van der Waals surface area contributed by atoms with Gasteiger partial charge in [-0.15, -0.1) is 11.3 Å². The molecule has 0 spiro atoms. The summed E-state index contributed by atoms with van der Waals surface area (Å²) < 4.78 is 58.0. The molecule has 15 heteroatoms. The standard InChI is InChI=1S/C26H30F2N4O7S2/c1-39-9-8-19(29-24(35)16-6-4-3-5-7-16)22(33)23(34)20(12-15-10-17(27)13-18(28)11-15)30-25(36)21-14-40-26(31-21)32-41(2,37)38/h3-7,10-11,13-14,19-20,22-23,33-34H,8-9,12H2,1-2H3,(H,29,35)(H,30,36)(H,31,32). The van der Waals surface area contributed by atoms with E-state index in [0.29, 0.717) is 11.6 Å². The molecular formula is C26H30F2N4O7S2. The number of carbonyl (C=O) groups is 2. The van der Waals surface area contributed by atoms with E-state index < -0.39 is 57.8 Å². The predicted molar refractivity (Wildman–Crippen MR) is 148 cm³/mol. The molecule has 0 fully saturated rings. The van der Waals surface area contributed by atoms with Crippen LogP contribution in [0.2, 0.25) is 0 Å². The number of aliphatic hydroxyl groups is 2. The maximum Gasteiger partial charge on any atom is 0.271 e. The van der Waals surface area contributed by atoms with Gasteiger partial charge in [0.25, 0.3) is 11.8 Å². The fourth-order valence-corrected chi connectivity index (χ4v) is 5.50. The van der Waals surface area contributed by atoms with Crippen molar-refractivity contribution in [3.05, 3.63) is 82.4 Å². The summed E-state index contributed by atoms with van der Waals surface area (Å²) in [5, 5.41) is 28.7. The number of methoxy groups -OCH3 is 1. The highest BCUT2D eigenvalue weighted by Gasteiger charge is 2.35. The topological polar surface area (TPSA) is 167 Å². The van der Waals surface area contributed by atoms with Crippen molar-refractivity contribution in [2.75, 3.05) is 24.7 Å². The highest BCUT2D eigenvalue weighted by atomic mass is 32.2. The third-order valence-electron chi connectivity index (χ3n) is 5.86. The van der Waals surface area contributed by atoms with Crippen LogP contribution in [0.5, 0.6) is 0 Å². The highest BCUT2D eigenvalue weighted by molar-refractivity contribution is 7.92. The summed E-state index contributed by atoms with van der Waals surface area (Å²) in [7, 11) is -2.24. The van der Waals surface area contributed by atoms with Gasteiger partial charge in [-0.25, -0.2) is 22.2 Å². The van der Waals surface area contributed by atoms with Crippen molar-refractivity contribution >= 4 is 38.3 Å². The van der Waals surface area contributed by atoms with Gasteiger partial charge in [0, 0.05) is 30.7 Å². The molecule has 4 unspecified atom stereocenters. The van der Waals surface area contributed by atoms with Crippen LogP contribution in [-0.2, 0) is 21.2 Å². The Labute approximate surface area is 239 Å². The molecule has 2 aromatic carbocycles. The van der Waals surface area contributed by atoms with E-state index in [1.54, 1.807) is 30.3 Å². The molecule has 1 aromatic heterocycles. The zero-order chi connectivity index (χ0) is 30.2. The van der Waals surface area contributed by atoms with Gasteiger partial charge in [0.15, 0.2) is 5.13 Å². The molecule has 0 bridgehead atoms. The quantitative estimate of drug-likeness (QED) is 0.183. The number of aromatic nitrogens is 1. The Bertz CT molecular complexity index is 1420. The monoisotopic (exact) mass is 612 g/mol. The van der Waals surface area contributed by atoms with Gasteiger partial charge < -0.3 is 25.6 Å². The summed E-state index contributed by atoms with van der Waals surface area (Å²) in [5.74, 6) is -3.15. The maximum atomic E-state index is 13.9. The number of ether oxygens (including phenoxy) is 1. The van der Waals surface area contributed by atoms with Crippen molar-refractivity contribution in [2.24, 2.45) is 0 Å². The van der Waals surface area contributed by atoms with E-state index in [1.807, 2.05) is 0 Å². The summed E-state index contributed by atoms with van der Waals surface area (Å²) in [4.78, 5) is 29.7. The Morgan fingerprint density at radius 3 is 2.22 bits per heavy atom. The number of aliphatic hydroxyl groups excluding tert-OH is 2. The lowest BCUT2D eigenvalue weighted by atomic mass is 9.92. The second-order valence-corrected chi connectivity index (χ2v) is 11.8. The molecule has 2 amide bonds. The lowest BCUT2D eigenvalue weighted by molar-refractivity contribution is -0.0269. The van der Waals surface area contributed by atoms with Gasteiger partial charge in [-0.2, -0.15) is 0 Å². The van der Waals surface area contributed by atoms with E-state index in [4.69, 9.17) is 4.74 Å². The normalized spacial score (nSPS) is 14.5. The summed E-state index contributed by atoms with van der Waals surface area (Å²) >= 11 is 0.838. The first kappa shape index (κ1) is 32.0. The zero-order valence-electron chi connectivity index (χ0n) is 22.1. The number of nitrogens with one attached hydrogen (secondary N) is 3. The molecule has 222 valence electrons. The number of anilines is 1. The molecule has 0 radical (unpaired) electrons. The first-order chi connectivity index (χ1) is 19.4. The average molecular weight is 613 g/mol. The number of hydrogen-bond donors (Lipinski definition) is 5. The lowest BCUT2D eigenvalue weighted by Crippen LogP contribution is -2.57. The van der Waals surface area contributed by atoms with Crippen LogP contribution in [0.15, 0.2) is 53.9 Å². The molecule has 3 rings (SSSR count). The van der Waals surface area contributed by atoms with E-state index in [1.165, 1.54) is 12.5 Å². The Morgan fingerprint density at radius 2 is 1.61 bits per heavy atom. The van der Waals surface area contributed by atoms with Crippen molar-refractivity contribution in [1.29, 1.82) is 0 Å². The molecule has 0 saturated carbocycles. The van der Waals surface area contributed by atoms with Crippen LogP contribution in [0.1, 0.15) is 32.8 Å². The first-order valence-corrected chi connectivity index (χ1v) is 15.0. The first-order valence-electron chi connectivity index (χ1n) is 12.3. The van der Waals surface area contributed by atoms with E-state index in [-0.39, 0.29) is 35.8 Å². The van der Waals surface area contributed by atoms with Gasteiger partial charge in [-0.05, 0) is 42.7 Å². The fraction of sp³-hybridized carbons (Fsp3) is 0.346. The average Bonchev–Trinajstić information content (AvgIpc) is 3.36. The smallest absolute Gasteiger partial charge is 0.271 e. The van der Waals surface area contributed by atoms with Crippen LogP contribution >= 0.6 is 11.3 Å². The van der Waals surface area contributed by atoms with Gasteiger partial charge >= 0.3 is 0 Å². The van der Waals surface area contributed by atoms with Crippen LogP contribution in [0.4, 0.5) is 13.9 Å². The number of rotatable bonds is 14. The number of thiazole rings is 1. The third kappa shape index (κ3) is 9.82. The van der Waals surface area contributed by atoms with Crippen molar-refractivity contribution in [2.45, 2.75) is 37.1 Å². The Kier molecular flexibility index (Phi) is 11.3. The van der Waals surface area contributed by atoms with Crippen LogP contribution in [0.3, 0.4) is 0 Å². The maximum absolute atomic E-state index is 13.9. The van der Waals surface area contributed by atoms with Crippen LogP contribution < -0.4 is 15.4 Å². The molecular weight excluding hydrogens is 582 g/mol. The van der Waals surface area contributed by atoms with Crippen LogP contribution in [0.25, 0.3) is 0 Å². The predicted octanol–water partition coefficient (Wildman–Crippen LogP) is 1.69. The number of carbonyl (C=O) groups excluding carboxylic acids is 2. The molecule has 4 atom stereocenters. The zero-order valence-corrected chi connectivity index (χ0v) is 23.7. The summed E-state index contributed by atoms with van der Waals surface area (Å²) in [6.45, 7) is 0.102.